The van der Waals surface area contributed by atoms with Gasteiger partial charge in [0.2, 0.25) is 0 Å². The monoisotopic (exact) mass is 258 g/mol. The van der Waals surface area contributed by atoms with Gasteiger partial charge in [-0.2, -0.15) is 13.2 Å². The minimum absolute atomic E-state index is 0.00338. The zero-order chi connectivity index (χ0) is 13.4. The minimum atomic E-state index is -4.35. The Kier molecular flexibility index (Phi) is 3.09. The van der Waals surface area contributed by atoms with Gasteiger partial charge in [0.05, 0.1) is 12.8 Å². The lowest BCUT2D eigenvalue weighted by atomic mass is 9.81. The molecule has 1 fully saturated rings. The van der Waals surface area contributed by atoms with Gasteiger partial charge in [0.1, 0.15) is 5.60 Å². The molecule has 1 aliphatic heterocycles. The topological polar surface area (TPSA) is 26.3 Å². The maximum absolute atomic E-state index is 12.6. The van der Waals surface area contributed by atoms with Gasteiger partial charge in [0.15, 0.2) is 0 Å². The molecule has 2 unspecified atom stereocenters. The van der Waals surface area contributed by atoms with Gasteiger partial charge in [0.25, 0.3) is 0 Å². The van der Waals surface area contributed by atoms with Crippen LogP contribution in [-0.4, -0.2) is 17.7 Å². The first-order chi connectivity index (χ1) is 8.30. The first-order valence-electron chi connectivity index (χ1n) is 5.64. The van der Waals surface area contributed by atoms with Gasteiger partial charge in [-0.05, 0) is 12.5 Å². The van der Waals surface area contributed by atoms with Gasteiger partial charge in [-0.3, -0.25) is 4.79 Å². The number of hydrogen-bond donors (Lipinski definition) is 0. The van der Waals surface area contributed by atoms with Gasteiger partial charge >= 0.3 is 12.1 Å². The highest BCUT2D eigenvalue weighted by Crippen LogP contribution is 2.46. The number of benzene rings is 1. The molecule has 1 heterocycles. The summed E-state index contributed by atoms with van der Waals surface area (Å²) in [7, 11) is 0. The third-order valence-electron chi connectivity index (χ3n) is 3.21. The lowest BCUT2D eigenvalue weighted by Crippen LogP contribution is -2.36. The second-order valence-corrected chi connectivity index (χ2v) is 4.75. The molecule has 18 heavy (non-hydrogen) atoms. The van der Waals surface area contributed by atoms with Crippen molar-refractivity contribution in [1.82, 2.24) is 0 Å². The minimum Gasteiger partial charge on any atom is -0.458 e. The Labute approximate surface area is 103 Å². The normalized spacial score (nSPS) is 28.2. The van der Waals surface area contributed by atoms with E-state index in [-0.39, 0.29) is 6.42 Å². The standard InChI is InChI=1S/C13H13F3O2/c1-12(8-13(14,15)16)10(7-11(17)18-12)9-5-3-2-4-6-9/h2-6,10H,7-8H2,1H3. The van der Waals surface area contributed by atoms with E-state index in [1.165, 1.54) is 6.92 Å². The van der Waals surface area contributed by atoms with E-state index in [2.05, 4.69) is 0 Å². The SMILES string of the molecule is CC1(CC(F)(F)F)OC(=O)CC1c1ccccc1. The van der Waals surface area contributed by atoms with E-state index in [1.807, 2.05) is 0 Å². The molecule has 1 aromatic carbocycles. The highest BCUT2D eigenvalue weighted by Gasteiger charge is 2.52. The molecule has 0 bridgehead atoms. The van der Waals surface area contributed by atoms with Gasteiger partial charge in [-0.25, -0.2) is 0 Å². The summed E-state index contributed by atoms with van der Waals surface area (Å²) in [6, 6.07) is 8.71. The summed E-state index contributed by atoms with van der Waals surface area (Å²) in [5.74, 6) is -1.12. The molecule has 0 spiro atoms. The number of esters is 1. The second kappa shape index (κ2) is 4.30. The highest BCUT2D eigenvalue weighted by molar-refractivity contribution is 5.74. The number of hydrogen-bond acceptors (Lipinski definition) is 2. The van der Waals surface area contributed by atoms with Crippen molar-refractivity contribution < 1.29 is 22.7 Å². The van der Waals surface area contributed by atoms with Crippen molar-refractivity contribution in [3.63, 3.8) is 0 Å². The molecule has 5 heteroatoms. The van der Waals surface area contributed by atoms with Crippen LogP contribution in [0.2, 0.25) is 0 Å². The number of ether oxygens (including phenoxy) is 1. The summed E-state index contributed by atoms with van der Waals surface area (Å²) in [6.07, 6.45) is -5.48. The fraction of sp³-hybridized carbons (Fsp3) is 0.462. The van der Waals surface area contributed by atoms with Crippen molar-refractivity contribution in [3.8, 4) is 0 Å². The Hall–Kier alpha value is -1.52. The molecule has 1 aromatic rings. The van der Waals surface area contributed by atoms with Gasteiger partial charge in [-0.15, -0.1) is 0 Å². The summed E-state index contributed by atoms with van der Waals surface area (Å²) in [5, 5.41) is 0. The van der Waals surface area contributed by atoms with E-state index in [1.54, 1.807) is 30.3 Å². The average molecular weight is 258 g/mol. The Morgan fingerprint density at radius 1 is 1.33 bits per heavy atom. The summed E-state index contributed by atoms with van der Waals surface area (Å²) in [6.45, 7) is 1.35. The van der Waals surface area contributed by atoms with Crippen molar-refractivity contribution in [2.24, 2.45) is 0 Å². The van der Waals surface area contributed by atoms with Gasteiger partial charge in [0, 0.05) is 5.92 Å². The third kappa shape index (κ3) is 2.66. The maximum Gasteiger partial charge on any atom is 0.392 e. The Balaban J connectivity index is 2.31. The molecule has 2 atom stereocenters. The molecule has 0 saturated carbocycles. The quantitative estimate of drug-likeness (QED) is 0.760. The van der Waals surface area contributed by atoms with Crippen LogP contribution >= 0.6 is 0 Å². The molecule has 0 amide bonds. The number of cyclic esters (lactones) is 1. The fourth-order valence-corrected chi connectivity index (χ4v) is 2.47. The van der Waals surface area contributed by atoms with Crippen molar-refractivity contribution in [3.05, 3.63) is 35.9 Å². The van der Waals surface area contributed by atoms with Crippen LogP contribution in [0.4, 0.5) is 13.2 Å². The van der Waals surface area contributed by atoms with E-state index in [9.17, 15) is 18.0 Å². The molecule has 0 radical (unpaired) electrons. The lowest BCUT2D eigenvalue weighted by molar-refractivity contribution is -0.183. The van der Waals surface area contributed by atoms with Crippen LogP contribution in [0.15, 0.2) is 30.3 Å². The fourth-order valence-electron chi connectivity index (χ4n) is 2.47. The average Bonchev–Trinajstić information content (AvgIpc) is 2.52. The number of alkyl halides is 3. The lowest BCUT2D eigenvalue weighted by Gasteiger charge is -2.30. The number of carbonyl (C=O) groups is 1. The molecule has 2 rings (SSSR count). The smallest absolute Gasteiger partial charge is 0.392 e. The van der Waals surface area contributed by atoms with Gasteiger partial charge in [-0.1, -0.05) is 30.3 Å². The van der Waals surface area contributed by atoms with E-state index in [0.29, 0.717) is 5.56 Å². The summed E-state index contributed by atoms with van der Waals surface area (Å²) < 4.78 is 42.7. The molecule has 0 aromatic heterocycles. The highest BCUT2D eigenvalue weighted by atomic mass is 19.4. The van der Waals surface area contributed by atoms with Crippen LogP contribution in [0, 0.1) is 0 Å². The predicted octanol–water partition coefficient (Wildman–Crippen LogP) is 3.43. The molecule has 1 aliphatic rings. The van der Waals surface area contributed by atoms with Crippen LogP contribution in [0.25, 0.3) is 0 Å². The Bertz CT molecular complexity index is 441. The van der Waals surface area contributed by atoms with E-state index in [0.717, 1.165) is 0 Å². The van der Waals surface area contributed by atoms with Gasteiger partial charge < -0.3 is 4.74 Å². The van der Waals surface area contributed by atoms with Crippen LogP contribution < -0.4 is 0 Å². The first kappa shape index (κ1) is 12.9. The Morgan fingerprint density at radius 2 is 1.94 bits per heavy atom. The number of carbonyl (C=O) groups excluding carboxylic acids is 1. The summed E-state index contributed by atoms with van der Waals surface area (Å²) >= 11 is 0. The molecule has 98 valence electrons. The van der Waals surface area contributed by atoms with Crippen LogP contribution in [0.5, 0.6) is 0 Å². The summed E-state index contributed by atoms with van der Waals surface area (Å²) in [4.78, 5) is 11.3. The third-order valence-corrected chi connectivity index (χ3v) is 3.21. The number of rotatable bonds is 2. The van der Waals surface area contributed by atoms with Crippen LogP contribution in [-0.2, 0) is 9.53 Å². The largest absolute Gasteiger partial charge is 0.458 e. The molecular formula is C13H13F3O2. The van der Waals surface area contributed by atoms with Crippen LogP contribution in [0.3, 0.4) is 0 Å². The van der Waals surface area contributed by atoms with E-state index >= 15 is 0 Å². The molecule has 0 N–H and O–H groups in total. The number of halogens is 3. The van der Waals surface area contributed by atoms with E-state index < -0.39 is 30.1 Å². The van der Waals surface area contributed by atoms with Crippen molar-refractivity contribution in [2.45, 2.75) is 37.5 Å². The zero-order valence-electron chi connectivity index (χ0n) is 9.83. The van der Waals surface area contributed by atoms with Crippen molar-refractivity contribution >= 4 is 5.97 Å². The van der Waals surface area contributed by atoms with Crippen LogP contribution in [0.1, 0.15) is 31.2 Å². The predicted molar refractivity (Wildman–Crippen MR) is 59.0 cm³/mol. The van der Waals surface area contributed by atoms with Crippen molar-refractivity contribution in [2.75, 3.05) is 0 Å². The second-order valence-electron chi connectivity index (χ2n) is 4.75. The first-order valence-corrected chi connectivity index (χ1v) is 5.64. The molecule has 2 nitrogen and oxygen atoms in total. The van der Waals surface area contributed by atoms with Crippen molar-refractivity contribution in [1.29, 1.82) is 0 Å². The van der Waals surface area contributed by atoms with E-state index in [4.69, 9.17) is 4.74 Å². The molecule has 0 aliphatic carbocycles. The Morgan fingerprint density at radius 3 is 2.50 bits per heavy atom. The molecular weight excluding hydrogens is 245 g/mol. The zero-order valence-corrected chi connectivity index (χ0v) is 9.83. The summed E-state index contributed by atoms with van der Waals surface area (Å²) in [5.41, 5.74) is -0.799. The maximum atomic E-state index is 12.6. The molecule has 1 saturated heterocycles.